The molecule has 2 aliphatic rings. The molecule has 2 fully saturated rings. The molecule has 0 spiro atoms. The Balaban J connectivity index is 1.36. The third-order valence-corrected chi connectivity index (χ3v) is 7.13. The minimum atomic E-state index is -0.694. The summed E-state index contributed by atoms with van der Waals surface area (Å²) in [4.78, 5) is 12.6. The Morgan fingerprint density at radius 2 is 1.77 bits per heavy atom. The van der Waals surface area contributed by atoms with Crippen molar-refractivity contribution >= 4 is 5.97 Å². The quantitative estimate of drug-likeness (QED) is 0.328. The summed E-state index contributed by atoms with van der Waals surface area (Å²) in [6.07, 6.45) is 13.1. The molecule has 0 heterocycles. The molecule has 0 aliphatic heterocycles. The molecular formula is C27H36FNO2. The summed E-state index contributed by atoms with van der Waals surface area (Å²) in [5.41, 5.74) is 2.84. The lowest BCUT2D eigenvalue weighted by Crippen LogP contribution is -2.29. The predicted octanol–water partition coefficient (Wildman–Crippen LogP) is 7.17. The molecule has 2 aliphatic carbocycles. The van der Waals surface area contributed by atoms with Crippen LogP contribution in [0.3, 0.4) is 0 Å². The molecule has 0 atom stereocenters. The van der Waals surface area contributed by atoms with Gasteiger partial charge in [0.25, 0.3) is 0 Å². The van der Waals surface area contributed by atoms with Crippen LogP contribution in [0.15, 0.2) is 36.2 Å². The van der Waals surface area contributed by atoms with Gasteiger partial charge in [-0.05, 0) is 99.7 Å². The number of halogens is 1. The number of aryl methyl sites for hydroxylation is 1. The van der Waals surface area contributed by atoms with Crippen molar-refractivity contribution in [1.82, 2.24) is 0 Å². The van der Waals surface area contributed by atoms with E-state index in [1.807, 2.05) is 0 Å². The maximum atomic E-state index is 12.9. The molecule has 0 radical (unpaired) electrons. The summed E-state index contributed by atoms with van der Waals surface area (Å²) in [5.74, 6) is 0.417. The van der Waals surface area contributed by atoms with Crippen molar-refractivity contribution in [3.63, 3.8) is 0 Å². The highest BCUT2D eigenvalue weighted by Crippen LogP contribution is 2.36. The zero-order valence-corrected chi connectivity index (χ0v) is 18.8. The van der Waals surface area contributed by atoms with Gasteiger partial charge in [-0.25, -0.2) is 0 Å². The Morgan fingerprint density at radius 1 is 1.10 bits per heavy atom. The van der Waals surface area contributed by atoms with Gasteiger partial charge in [0.1, 0.15) is 12.2 Å². The summed E-state index contributed by atoms with van der Waals surface area (Å²) < 4.78 is 18.8. The van der Waals surface area contributed by atoms with E-state index in [4.69, 9.17) is 10.00 Å². The van der Waals surface area contributed by atoms with E-state index in [-0.39, 0.29) is 18.0 Å². The number of ether oxygens (including phenoxy) is 1. The molecule has 1 aromatic carbocycles. The van der Waals surface area contributed by atoms with Crippen LogP contribution in [0.2, 0.25) is 0 Å². The zero-order chi connectivity index (χ0) is 22.1. The number of carbonyl (C=O) groups excluding carboxylic acids is 1. The molecule has 3 nitrogen and oxygen atoms in total. The highest BCUT2D eigenvalue weighted by molar-refractivity contribution is 5.72. The normalized spacial score (nSPS) is 26.8. The first-order chi connectivity index (χ1) is 15.1. The number of nitrogens with zero attached hydrogens (tertiary/aromatic N) is 1. The van der Waals surface area contributed by atoms with Gasteiger partial charge in [-0.1, -0.05) is 37.6 Å². The van der Waals surface area contributed by atoms with Crippen LogP contribution in [0.4, 0.5) is 4.39 Å². The number of allylic oxidation sites excluding steroid dienone is 2. The van der Waals surface area contributed by atoms with Crippen LogP contribution < -0.4 is 0 Å². The van der Waals surface area contributed by atoms with Crippen LogP contribution in [0, 0.1) is 23.2 Å². The molecule has 0 N–H and O–H groups in total. The number of carbonyl (C=O) groups is 1. The number of benzene rings is 1. The van der Waals surface area contributed by atoms with Crippen molar-refractivity contribution in [2.24, 2.45) is 11.8 Å². The largest absolute Gasteiger partial charge is 0.462 e. The standard InChI is InChI=1S/C27H36FNO2/c1-2-4-20-7-11-22(12-8-20)23-15-17-26(18-16-23)31-27(30)24-13-9-21(10-14-24)5-3-6-25(28)19-29/h6-8,11-12,21,23-24,26H,2-5,9-10,13-18H2,1H3/t21-,23-,24-,26-. The Labute approximate surface area is 186 Å². The van der Waals surface area contributed by atoms with Gasteiger partial charge in [-0.2, -0.15) is 9.65 Å². The van der Waals surface area contributed by atoms with E-state index in [0.29, 0.717) is 18.3 Å². The van der Waals surface area contributed by atoms with Crippen molar-refractivity contribution in [3.8, 4) is 6.07 Å². The highest BCUT2D eigenvalue weighted by Gasteiger charge is 2.30. The van der Waals surface area contributed by atoms with Crippen LogP contribution >= 0.6 is 0 Å². The molecule has 0 saturated heterocycles. The van der Waals surface area contributed by atoms with Crippen LogP contribution in [0.25, 0.3) is 0 Å². The van der Waals surface area contributed by atoms with Gasteiger partial charge in [-0.3, -0.25) is 4.79 Å². The molecule has 1 aromatic rings. The van der Waals surface area contributed by atoms with Crippen molar-refractivity contribution < 1.29 is 13.9 Å². The number of hydrogen-bond acceptors (Lipinski definition) is 3. The van der Waals surface area contributed by atoms with E-state index in [1.165, 1.54) is 29.7 Å². The molecule has 31 heavy (non-hydrogen) atoms. The second-order valence-electron chi connectivity index (χ2n) is 9.36. The summed E-state index contributed by atoms with van der Waals surface area (Å²) >= 11 is 0. The second kappa shape index (κ2) is 12.0. The molecule has 0 unspecified atom stereocenters. The minimum Gasteiger partial charge on any atom is -0.462 e. The van der Waals surface area contributed by atoms with Gasteiger partial charge >= 0.3 is 5.97 Å². The van der Waals surface area contributed by atoms with Crippen LogP contribution in [0.1, 0.15) is 94.6 Å². The Hall–Kier alpha value is -2.15. The van der Waals surface area contributed by atoms with E-state index >= 15 is 0 Å². The topological polar surface area (TPSA) is 50.1 Å². The zero-order valence-electron chi connectivity index (χ0n) is 18.8. The first-order valence-electron chi connectivity index (χ1n) is 12.1. The molecule has 3 rings (SSSR count). The Kier molecular flexibility index (Phi) is 9.13. The fourth-order valence-electron chi connectivity index (χ4n) is 5.20. The van der Waals surface area contributed by atoms with Gasteiger partial charge in [-0.15, -0.1) is 0 Å². The van der Waals surface area contributed by atoms with Gasteiger partial charge in [0.2, 0.25) is 0 Å². The smallest absolute Gasteiger partial charge is 0.309 e. The van der Waals surface area contributed by atoms with E-state index in [0.717, 1.165) is 64.2 Å². The molecule has 168 valence electrons. The third-order valence-electron chi connectivity index (χ3n) is 7.13. The fraction of sp³-hybridized carbons (Fsp3) is 0.630. The second-order valence-corrected chi connectivity index (χ2v) is 9.36. The molecule has 0 bridgehead atoms. The molecule has 0 aromatic heterocycles. The van der Waals surface area contributed by atoms with Gasteiger partial charge < -0.3 is 4.74 Å². The van der Waals surface area contributed by atoms with E-state index in [9.17, 15) is 9.18 Å². The van der Waals surface area contributed by atoms with Crippen molar-refractivity contribution in [3.05, 3.63) is 47.3 Å². The number of rotatable bonds is 8. The highest BCUT2D eigenvalue weighted by atomic mass is 19.1. The summed E-state index contributed by atoms with van der Waals surface area (Å²) in [6.45, 7) is 2.21. The minimum absolute atomic E-state index is 0.0127. The van der Waals surface area contributed by atoms with E-state index < -0.39 is 5.83 Å². The number of esters is 1. The van der Waals surface area contributed by atoms with Crippen molar-refractivity contribution in [1.29, 1.82) is 5.26 Å². The number of nitriles is 1. The van der Waals surface area contributed by atoms with E-state index in [1.54, 1.807) is 0 Å². The summed E-state index contributed by atoms with van der Waals surface area (Å²) in [5, 5.41) is 8.46. The average molecular weight is 426 g/mol. The van der Waals surface area contributed by atoms with Gasteiger partial charge in [0, 0.05) is 0 Å². The van der Waals surface area contributed by atoms with E-state index in [2.05, 4.69) is 31.2 Å². The monoisotopic (exact) mass is 425 g/mol. The van der Waals surface area contributed by atoms with Crippen LogP contribution in [-0.4, -0.2) is 12.1 Å². The molecule has 4 heteroatoms. The molecule has 2 saturated carbocycles. The van der Waals surface area contributed by atoms with Crippen molar-refractivity contribution in [2.75, 3.05) is 0 Å². The van der Waals surface area contributed by atoms with Crippen LogP contribution in [0.5, 0.6) is 0 Å². The first kappa shape index (κ1) is 23.5. The predicted molar refractivity (Wildman–Crippen MR) is 121 cm³/mol. The summed E-state index contributed by atoms with van der Waals surface area (Å²) in [7, 11) is 0. The lowest BCUT2D eigenvalue weighted by Gasteiger charge is -2.31. The lowest BCUT2D eigenvalue weighted by atomic mass is 9.79. The first-order valence-corrected chi connectivity index (χ1v) is 12.1. The SMILES string of the molecule is CCCc1ccc([C@H]2CC[C@H](OC(=O)[C@H]3CC[C@H](CCC=C(F)C#N)CC3)CC2)cc1. The average Bonchev–Trinajstić information content (AvgIpc) is 2.80. The molecular weight excluding hydrogens is 389 g/mol. The third kappa shape index (κ3) is 7.20. The maximum Gasteiger partial charge on any atom is 0.309 e. The summed E-state index contributed by atoms with van der Waals surface area (Å²) in [6, 6.07) is 10.6. The number of hydrogen-bond donors (Lipinski definition) is 0. The maximum absolute atomic E-state index is 12.9. The lowest BCUT2D eigenvalue weighted by molar-refractivity contribution is -0.157. The Morgan fingerprint density at radius 3 is 2.39 bits per heavy atom. The van der Waals surface area contributed by atoms with Crippen molar-refractivity contribution in [2.45, 2.75) is 96.0 Å². The fourth-order valence-corrected chi connectivity index (χ4v) is 5.20. The Bertz CT molecular complexity index is 763. The molecule has 0 amide bonds. The van der Waals surface area contributed by atoms with Gasteiger partial charge in [0.15, 0.2) is 5.83 Å². The van der Waals surface area contributed by atoms with Gasteiger partial charge in [0.05, 0.1) is 5.92 Å². The van der Waals surface area contributed by atoms with Crippen LogP contribution in [-0.2, 0) is 16.0 Å².